The van der Waals surface area contributed by atoms with Crippen molar-refractivity contribution in [2.24, 2.45) is 0 Å². The van der Waals surface area contributed by atoms with Crippen molar-refractivity contribution >= 4 is 52.0 Å². The molecule has 4 rings (SSSR count). The predicted octanol–water partition coefficient (Wildman–Crippen LogP) is 6.22. The number of aryl methyl sites for hydroxylation is 2. The van der Waals surface area contributed by atoms with Gasteiger partial charge in [-0.25, -0.2) is 0 Å². The van der Waals surface area contributed by atoms with E-state index in [1.54, 1.807) is 6.07 Å². The first kappa shape index (κ1) is 23.3. The van der Waals surface area contributed by atoms with E-state index in [-0.39, 0.29) is 0 Å². The van der Waals surface area contributed by atoms with Crippen LogP contribution in [-0.2, 0) is 13.1 Å². The third-order valence-electron chi connectivity index (χ3n) is 5.35. The van der Waals surface area contributed by atoms with Crippen LogP contribution in [0.4, 0.5) is 11.5 Å². The summed E-state index contributed by atoms with van der Waals surface area (Å²) in [5.74, 6) is 0.691. The number of hydrogen-bond donors (Lipinski definition) is 2. The molecule has 0 aliphatic carbocycles. The number of benzene rings is 2. The Morgan fingerprint density at radius 2 is 1.67 bits per heavy atom. The largest absolute Gasteiger partial charge is 0.329 e. The van der Waals surface area contributed by atoms with Gasteiger partial charge in [-0.2, -0.15) is 10.2 Å². The second kappa shape index (κ2) is 9.95. The van der Waals surface area contributed by atoms with Gasteiger partial charge in [-0.3, -0.25) is 9.36 Å². The van der Waals surface area contributed by atoms with Crippen LogP contribution in [0.3, 0.4) is 0 Å². The molecule has 4 aromatic rings. The minimum atomic E-state index is 0.453. The van der Waals surface area contributed by atoms with Crippen LogP contribution >= 0.6 is 35.4 Å². The van der Waals surface area contributed by atoms with Gasteiger partial charge in [0.05, 0.1) is 30.2 Å². The molecule has 0 bridgehead atoms. The van der Waals surface area contributed by atoms with Crippen LogP contribution in [-0.4, -0.2) is 24.7 Å². The summed E-state index contributed by atoms with van der Waals surface area (Å²) in [5, 5.41) is 17.4. The van der Waals surface area contributed by atoms with Crippen molar-refractivity contribution in [3.63, 3.8) is 0 Å². The molecule has 0 radical (unpaired) electrons. The van der Waals surface area contributed by atoms with E-state index in [0.29, 0.717) is 34.1 Å². The molecule has 9 heteroatoms. The van der Waals surface area contributed by atoms with E-state index in [0.717, 1.165) is 28.3 Å². The van der Waals surface area contributed by atoms with Crippen LogP contribution in [0.1, 0.15) is 28.2 Å². The number of hydrogen-bond acceptors (Lipinski definition) is 3. The highest BCUT2D eigenvalue weighted by atomic mass is 35.5. The molecule has 2 heterocycles. The Hall–Kier alpha value is -2.87. The molecule has 2 aromatic heterocycles. The van der Waals surface area contributed by atoms with E-state index >= 15 is 0 Å². The van der Waals surface area contributed by atoms with Crippen LogP contribution in [0, 0.1) is 20.8 Å². The molecule has 6 nitrogen and oxygen atoms in total. The van der Waals surface area contributed by atoms with E-state index in [1.807, 2.05) is 66.5 Å². The molecule has 0 saturated heterocycles. The lowest BCUT2D eigenvalue weighted by Crippen LogP contribution is -2.20. The molecular weight excluding hydrogens is 475 g/mol. The minimum absolute atomic E-state index is 0.453. The van der Waals surface area contributed by atoms with Crippen molar-refractivity contribution in [2.75, 3.05) is 10.6 Å². The highest BCUT2D eigenvalue weighted by Crippen LogP contribution is 2.25. The van der Waals surface area contributed by atoms with E-state index in [1.165, 1.54) is 5.56 Å². The zero-order valence-electron chi connectivity index (χ0n) is 18.6. The molecular formula is C24H24Cl2N6S. The number of aromatic nitrogens is 4. The normalized spacial score (nSPS) is 10.9. The number of anilines is 2. The van der Waals surface area contributed by atoms with Crippen LogP contribution in [0.15, 0.2) is 54.6 Å². The molecule has 0 aliphatic heterocycles. The van der Waals surface area contributed by atoms with Gasteiger partial charge in [0.1, 0.15) is 0 Å². The standard InChI is InChI=1S/C24H24Cl2N6S/c1-15-11-22(30-31(15)13-18-7-5-4-6-8-18)27-24(33)28-23-16(2)29-32(17(23)3)14-19-9-10-20(25)12-21(19)26/h4-12H,13-14H2,1-3H3,(H2,27,28,30,33). The molecule has 0 amide bonds. The van der Waals surface area contributed by atoms with Crippen LogP contribution in [0.25, 0.3) is 0 Å². The van der Waals surface area contributed by atoms with E-state index in [2.05, 4.69) is 33.0 Å². The van der Waals surface area contributed by atoms with Gasteiger partial charge in [0.25, 0.3) is 0 Å². The molecule has 0 aliphatic rings. The summed E-state index contributed by atoms with van der Waals surface area (Å²) in [7, 11) is 0. The van der Waals surface area contributed by atoms with E-state index in [4.69, 9.17) is 35.4 Å². The van der Waals surface area contributed by atoms with Gasteiger partial charge in [-0.05, 0) is 56.2 Å². The molecule has 170 valence electrons. The van der Waals surface area contributed by atoms with Gasteiger partial charge < -0.3 is 10.6 Å². The number of nitrogens with one attached hydrogen (secondary N) is 2. The first-order valence-electron chi connectivity index (χ1n) is 10.4. The summed E-state index contributed by atoms with van der Waals surface area (Å²) < 4.78 is 3.85. The molecule has 0 spiro atoms. The summed E-state index contributed by atoms with van der Waals surface area (Å²) in [5.41, 5.74) is 5.83. The summed E-state index contributed by atoms with van der Waals surface area (Å²) in [6, 6.07) is 17.7. The molecule has 0 atom stereocenters. The number of halogens is 2. The maximum absolute atomic E-state index is 6.34. The summed E-state index contributed by atoms with van der Waals surface area (Å²) in [6.45, 7) is 7.20. The number of thiocarbonyl (C=S) groups is 1. The van der Waals surface area contributed by atoms with Gasteiger partial charge in [-0.15, -0.1) is 0 Å². The highest BCUT2D eigenvalue weighted by molar-refractivity contribution is 7.80. The fourth-order valence-corrected chi connectivity index (χ4v) is 4.27. The SMILES string of the molecule is Cc1nn(Cc2ccc(Cl)cc2Cl)c(C)c1NC(=S)Nc1cc(C)n(Cc2ccccc2)n1. The van der Waals surface area contributed by atoms with Crippen molar-refractivity contribution in [1.29, 1.82) is 0 Å². The summed E-state index contributed by atoms with van der Waals surface area (Å²) in [6.07, 6.45) is 0. The Bertz CT molecular complexity index is 1300. The average Bonchev–Trinajstić information content (AvgIpc) is 3.24. The Labute approximate surface area is 208 Å². The van der Waals surface area contributed by atoms with Crippen LogP contribution < -0.4 is 10.6 Å². The zero-order chi connectivity index (χ0) is 23.5. The fraction of sp³-hybridized carbons (Fsp3) is 0.208. The smallest absolute Gasteiger partial charge is 0.176 e. The Kier molecular flexibility index (Phi) is 7.02. The van der Waals surface area contributed by atoms with Gasteiger partial charge in [0, 0.05) is 21.8 Å². The average molecular weight is 499 g/mol. The summed E-state index contributed by atoms with van der Waals surface area (Å²) >= 11 is 17.9. The predicted molar refractivity (Wildman–Crippen MR) is 140 cm³/mol. The number of nitrogens with zero attached hydrogens (tertiary/aromatic N) is 4. The van der Waals surface area contributed by atoms with E-state index in [9.17, 15) is 0 Å². The second-order valence-electron chi connectivity index (χ2n) is 7.83. The van der Waals surface area contributed by atoms with E-state index < -0.39 is 0 Å². The van der Waals surface area contributed by atoms with Crippen LogP contribution in [0.2, 0.25) is 10.0 Å². The Morgan fingerprint density at radius 3 is 2.39 bits per heavy atom. The minimum Gasteiger partial charge on any atom is -0.329 e. The first-order chi connectivity index (χ1) is 15.8. The molecule has 2 N–H and O–H groups in total. The van der Waals surface area contributed by atoms with Crippen LogP contribution in [0.5, 0.6) is 0 Å². The lowest BCUT2D eigenvalue weighted by molar-refractivity contribution is 0.659. The van der Waals surface area contributed by atoms with Gasteiger partial charge in [0.2, 0.25) is 0 Å². The Balaban J connectivity index is 1.44. The molecule has 33 heavy (non-hydrogen) atoms. The topological polar surface area (TPSA) is 59.7 Å². The van der Waals surface area contributed by atoms with Crippen molar-refractivity contribution < 1.29 is 0 Å². The first-order valence-corrected chi connectivity index (χ1v) is 11.6. The van der Waals surface area contributed by atoms with Crippen molar-refractivity contribution in [3.8, 4) is 0 Å². The lowest BCUT2D eigenvalue weighted by Gasteiger charge is -2.10. The maximum atomic E-state index is 6.34. The zero-order valence-corrected chi connectivity index (χ0v) is 20.9. The fourth-order valence-electron chi connectivity index (χ4n) is 3.59. The highest BCUT2D eigenvalue weighted by Gasteiger charge is 2.15. The molecule has 0 fully saturated rings. The van der Waals surface area contributed by atoms with Gasteiger partial charge >= 0.3 is 0 Å². The monoisotopic (exact) mass is 498 g/mol. The maximum Gasteiger partial charge on any atom is 0.176 e. The Morgan fingerprint density at radius 1 is 0.909 bits per heavy atom. The third kappa shape index (κ3) is 5.55. The van der Waals surface area contributed by atoms with Gasteiger partial charge in [0.15, 0.2) is 10.9 Å². The molecule has 2 aromatic carbocycles. The molecule has 0 unspecified atom stereocenters. The number of rotatable bonds is 6. The van der Waals surface area contributed by atoms with Crippen molar-refractivity contribution in [3.05, 3.63) is 92.9 Å². The quantitative estimate of drug-likeness (QED) is 0.309. The van der Waals surface area contributed by atoms with Gasteiger partial charge in [-0.1, -0.05) is 59.6 Å². The summed E-state index contributed by atoms with van der Waals surface area (Å²) in [4.78, 5) is 0. The third-order valence-corrected chi connectivity index (χ3v) is 6.14. The second-order valence-corrected chi connectivity index (χ2v) is 9.08. The van der Waals surface area contributed by atoms with Crippen molar-refractivity contribution in [2.45, 2.75) is 33.9 Å². The lowest BCUT2D eigenvalue weighted by atomic mass is 10.2. The van der Waals surface area contributed by atoms with Crippen molar-refractivity contribution in [1.82, 2.24) is 19.6 Å². The molecule has 0 saturated carbocycles.